The van der Waals surface area contributed by atoms with E-state index in [0.29, 0.717) is 11.8 Å². The van der Waals surface area contributed by atoms with E-state index < -0.39 is 23.1 Å². The van der Waals surface area contributed by atoms with Crippen molar-refractivity contribution in [1.29, 1.82) is 0 Å². The second-order valence-corrected chi connectivity index (χ2v) is 6.66. The smallest absolute Gasteiger partial charge is 0.255 e. The van der Waals surface area contributed by atoms with Gasteiger partial charge in [0.25, 0.3) is 11.8 Å². The highest BCUT2D eigenvalue weighted by molar-refractivity contribution is 6.04. The molecule has 2 amide bonds. The van der Waals surface area contributed by atoms with Crippen LogP contribution in [-0.2, 0) is 10.3 Å². The lowest BCUT2D eigenvalue weighted by molar-refractivity contribution is -0.123. The van der Waals surface area contributed by atoms with Gasteiger partial charge in [0, 0.05) is 23.5 Å². The molecule has 3 rings (SSSR count). The molecule has 8 heteroatoms. The second-order valence-electron chi connectivity index (χ2n) is 6.66. The third-order valence-electron chi connectivity index (χ3n) is 4.13. The molecule has 0 bridgehead atoms. The zero-order valence-electron chi connectivity index (χ0n) is 15.2. The second kappa shape index (κ2) is 7.59. The van der Waals surface area contributed by atoms with Gasteiger partial charge in [0.1, 0.15) is 17.2 Å². The van der Waals surface area contributed by atoms with Crippen LogP contribution in [0.1, 0.15) is 24.2 Å². The van der Waals surface area contributed by atoms with E-state index in [1.54, 1.807) is 38.1 Å². The van der Waals surface area contributed by atoms with Crippen molar-refractivity contribution in [2.24, 2.45) is 0 Å². The summed E-state index contributed by atoms with van der Waals surface area (Å²) in [5.41, 5.74) is -0.278. The Morgan fingerprint density at radius 2 is 1.61 bits per heavy atom. The predicted octanol–water partition coefficient (Wildman–Crippen LogP) is 3.79. The standard InChI is InChI=1S/C20H18F2N4O2/c1-20(2,19(28)25-16-6-4-3-5-7-16)26-12-17(11-23-26)24-18(27)13-8-14(21)10-15(22)9-13/h3-12H,1-2H3,(H,24,27)(H,25,28). The van der Waals surface area contributed by atoms with Crippen molar-refractivity contribution in [3.8, 4) is 0 Å². The van der Waals surface area contributed by atoms with E-state index in [2.05, 4.69) is 15.7 Å². The van der Waals surface area contributed by atoms with Crippen LogP contribution in [0.5, 0.6) is 0 Å². The summed E-state index contributed by atoms with van der Waals surface area (Å²) in [6.45, 7) is 3.34. The van der Waals surface area contributed by atoms with Crippen LogP contribution in [0.25, 0.3) is 0 Å². The number of nitrogens with zero attached hydrogens (tertiary/aromatic N) is 2. The lowest BCUT2D eigenvalue weighted by Crippen LogP contribution is -2.40. The monoisotopic (exact) mass is 384 g/mol. The van der Waals surface area contributed by atoms with Gasteiger partial charge in [-0.2, -0.15) is 5.10 Å². The molecule has 144 valence electrons. The van der Waals surface area contributed by atoms with Gasteiger partial charge in [0.05, 0.1) is 11.9 Å². The van der Waals surface area contributed by atoms with Crippen molar-refractivity contribution in [3.05, 3.63) is 78.1 Å². The Labute approximate surface area is 160 Å². The Kier molecular flexibility index (Phi) is 5.21. The van der Waals surface area contributed by atoms with Crippen molar-refractivity contribution in [2.75, 3.05) is 10.6 Å². The number of hydrogen-bond donors (Lipinski definition) is 2. The maximum Gasteiger partial charge on any atom is 0.255 e. The Bertz CT molecular complexity index is 996. The molecule has 0 fully saturated rings. The van der Waals surface area contributed by atoms with Crippen molar-refractivity contribution < 1.29 is 18.4 Å². The molecule has 0 saturated carbocycles. The molecular formula is C20H18F2N4O2. The summed E-state index contributed by atoms with van der Waals surface area (Å²) < 4.78 is 27.9. The van der Waals surface area contributed by atoms with E-state index in [9.17, 15) is 18.4 Å². The zero-order valence-corrected chi connectivity index (χ0v) is 15.2. The number of carbonyl (C=O) groups is 2. The quantitative estimate of drug-likeness (QED) is 0.703. The first-order valence-corrected chi connectivity index (χ1v) is 8.45. The number of carbonyl (C=O) groups excluding carboxylic acids is 2. The van der Waals surface area contributed by atoms with Crippen LogP contribution in [0, 0.1) is 11.6 Å². The maximum atomic E-state index is 13.3. The first kappa shape index (κ1) is 19.2. The summed E-state index contributed by atoms with van der Waals surface area (Å²) in [6.07, 6.45) is 2.82. The van der Waals surface area contributed by atoms with Gasteiger partial charge in [-0.05, 0) is 38.1 Å². The van der Waals surface area contributed by atoms with Gasteiger partial charge in [0.15, 0.2) is 0 Å². The molecule has 0 aliphatic carbocycles. The van der Waals surface area contributed by atoms with Crippen LogP contribution in [0.2, 0.25) is 0 Å². The van der Waals surface area contributed by atoms with Gasteiger partial charge < -0.3 is 10.6 Å². The number of benzene rings is 2. The van der Waals surface area contributed by atoms with Gasteiger partial charge in [-0.25, -0.2) is 8.78 Å². The number of aromatic nitrogens is 2. The Morgan fingerprint density at radius 3 is 2.25 bits per heavy atom. The summed E-state index contributed by atoms with van der Waals surface area (Å²) in [7, 11) is 0. The molecule has 0 radical (unpaired) electrons. The van der Waals surface area contributed by atoms with Crippen LogP contribution in [0.4, 0.5) is 20.2 Å². The Morgan fingerprint density at radius 1 is 0.964 bits per heavy atom. The molecule has 0 aliphatic heterocycles. The molecule has 1 heterocycles. The summed E-state index contributed by atoms with van der Waals surface area (Å²) in [4.78, 5) is 24.8. The summed E-state index contributed by atoms with van der Waals surface area (Å²) in [5.74, 6) is -2.68. The first-order chi connectivity index (χ1) is 13.3. The molecular weight excluding hydrogens is 366 g/mol. The van der Waals surface area contributed by atoms with Crippen molar-refractivity contribution >= 4 is 23.2 Å². The highest BCUT2D eigenvalue weighted by atomic mass is 19.1. The third-order valence-corrected chi connectivity index (χ3v) is 4.13. The van der Waals surface area contributed by atoms with Crippen LogP contribution in [0.15, 0.2) is 60.9 Å². The molecule has 6 nitrogen and oxygen atoms in total. The number of hydrogen-bond acceptors (Lipinski definition) is 3. The van der Waals surface area contributed by atoms with Gasteiger partial charge in [0.2, 0.25) is 0 Å². The minimum Gasteiger partial charge on any atom is -0.324 e. The van der Waals surface area contributed by atoms with Crippen molar-refractivity contribution in [3.63, 3.8) is 0 Å². The normalized spacial score (nSPS) is 11.1. The lowest BCUT2D eigenvalue weighted by Gasteiger charge is -2.24. The minimum absolute atomic E-state index is 0.161. The highest BCUT2D eigenvalue weighted by Gasteiger charge is 2.31. The largest absolute Gasteiger partial charge is 0.324 e. The van der Waals surface area contributed by atoms with E-state index in [4.69, 9.17) is 0 Å². The third kappa shape index (κ3) is 4.22. The molecule has 0 spiro atoms. The molecule has 0 aliphatic rings. The SMILES string of the molecule is CC(C)(C(=O)Nc1ccccc1)n1cc(NC(=O)c2cc(F)cc(F)c2)cn1. The molecule has 3 aromatic rings. The van der Waals surface area contributed by atoms with E-state index in [-0.39, 0.29) is 17.2 Å². The van der Waals surface area contributed by atoms with Crippen LogP contribution >= 0.6 is 0 Å². The minimum atomic E-state index is -1.05. The van der Waals surface area contributed by atoms with Gasteiger partial charge in [-0.1, -0.05) is 18.2 Å². The van der Waals surface area contributed by atoms with E-state index in [0.717, 1.165) is 12.1 Å². The van der Waals surface area contributed by atoms with Crippen LogP contribution < -0.4 is 10.6 Å². The van der Waals surface area contributed by atoms with E-state index >= 15 is 0 Å². The number of para-hydroxylation sites is 1. The summed E-state index contributed by atoms with van der Waals surface area (Å²) >= 11 is 0. The Hall–Kier alpha value is -3.55. The average molecular weight is 384 g/mol. The zero-order chi connectivity index (χ0) is 20.3. The lowest BCUT2D eigenvalue weighted by atomic mass is 10.0. The number of rotatable bonds is 5. The Balaban J connectivity index is 1.73. The van der Waals surface area contributed by atoms with Gasteiger partial charge >= 0.3 is 0 Å². The van der Waals surface area contributed by atoms with Gasteiger partial charge in [-0.3, -0.25) is 14.3 Å². The molecule has 1 aromatic heterocycles. The first-order valence-electron chi connectivity index (χ1n) is 8.45. The number of anilines is 2. The molecule has 2 N–H and O–H groups in total. The van der Waals surface area contributed by atoms with Crippen LogP contribution in [-0.4, -0.2) is 21.6 Å². The van der Waals surface area contributed by atoms with Crippen LogP contribution in [0.3, 0.4) is 0 Å². The van der Waals surface area contributed by atoms with E-state index in [1.165, 1.54) is 17.1 Å². The number of halogens is 2. The van der Waals surface area contributed by atoms with E-state index in [1.807, 2.05) is 6.07 Å². The van der Waals surface area contributed by atoms with Crippen molar-refractivity contribution in [1.82, 2.24) is 9.78 Å². The van der Waals surface area contributed by atoms with Crippen molar-refractivity contribution in [2.45, 2.75) is 19.4 Å². The fourth-order valence-corrected chi connectivity index (χ4v) is 2.49. The maximum absolute atomic E-state index is 13.3. The molecule has 28 heavy (non-hydrogen) atoms. The summed E-state index contributed by atoms with van der Waals surface area (Å²) in [6, 6.07) is 11.5. The fourth-order valence-electron chi connectivity index (χ4n) is 2.49. The number of amides is 2. The predicted molar refractivity (Wildman–Crippen MR) is 101 cm³/mol. The average Bonchev–Trinajstić information content (AvgIpc) is 3.11. The molecule has 0 saturated heterocycles. The topological polar surface area (TPSA) is 76.0 Å². The molecule has 0 unspecified atom stereocenters. The van der Waals surface area contributed by atoms with Gasteiger partial charge in [-0.15, -0.1) is 0 Å². The molecule has 0 atom stereocenters. The highest BCUT2D eigenvalue weighted by Crippen LogP contribution is 2.20. The summed E-state index contributed by atoms with van der Waals surface area (Å²) in [5, 5.41) is 9.43. The number of nitrogens with one attached hydrogen (secondary N) is 2. The molecule has 2 aromatic carbocycles. The fraction of sp³-hybridized carbons (Fsp3) is 0.150.